The van der Waals surface area contributed by atoms with Gasteiger partial charge in [0, 0.05) is 5.33 Å². The Morgan fingerprint density at radius 1 is 1.54 bits per heavy atom. The average molecular weight is 252 g/mol. The van der Waals surface area contributed by atoms with Crippen LogP contribution in [0.15, 0.2) is 5.16 Å². The van der Waals surface area contributed by atoms with E-state index in [-0.39, 0.29) is 0 Å². The van der Waals surface area contributed by atoms with Gasteiger partial charge in [-0.25, -0.2) is 4.79 Å². The zero-order valence-corrected chi connectivity index (χ0v) is 9.25. The number of oxime groups is 1. The highest BCUT2D eigenvalue weighted by molar-refractivity contribution is 9.09. The van der Waals surface area contributed by atoms with E-state index in [0.29, 0.717) is 13.2 Å². The summed E-state index contributed by atoms with van der Waals surface area (Å²) in [6.07, 6.45) is 3.00. The largest absolute Gasteiger partial charge is 0.462 e. The quantitative estimate of drug-likeness (QED) is 0.228. The first-order valence-corrected chi connectivity index (χ1v) is 5.31. The van der Waals surface area contributed by atoms with Crippen LogP contribution in [0.3, 0.4) is 0 Å². The fourth-order valence-corrected chi connectivity index (χ4v) is 0.970. The minimum Gasteiger partial charge on any atom is -0.462 e. The van der Waals surface area contributed by atoms with Gasteiger partial charge in [0.05, 0.1) is 6.61 Å². The molecular formula is C8H14BrNO3. The molecule has 0 aliphatic carbocycles. The minimum atomic E-state index is -0.469. The number of esters is 1. The number of rotatable bonds is 7. The van der Waals surface area contributed by atoms with Crippen molar-refractivity contribution in [1.82, 2.24) is 0 Å². The van der Waals surface area contributed by atoms with Gasteiger partial charge in [-0.15, -0.1) is 0 Å². The molecule has 0 bridgehead atoms. The first-order valence-electron chi connectivity index (χ1n) is 4.19. The Balaban J connectivity index is 3.25. The van der Waals surface area contributed by atoms with Crippen molar-refractivity contribution in [3.05, 3.63) is 0 Å². The van der Waals surface area contributed by atoms with E-state index < -0.39 is 5.97 Å². The Labute approximate surface area is 86.4 Å². The van der Waals surface area contributed by atoms with Gasteiger partial charge in [-0.1, -0.05) is 21.1 Å². The Bertz CT molecular complexity index is 161. The van der Waals surface area contributed by atoms with Gasteiger partial charge in [0.2, 0.25) is 0 Å². The molecule has 0 aromatic rings. The maximum atomic E-state index is 10.7. The predicted molar refractivity (Wildman–Crippen MR) is 54.1 cm³/mol. The summed E-state index contributed by atoms with van der Waals surface area (Å²) in [5, 5.41) is 4.40. The highest BCUT2D eigenvalue weighted by Gasteiger charge is 1.93. The second kappa shape index (κ2) is 9.51. The van der Waals surface area contributed by atoms with E-state index in [1.54, 1.807) is 6.92 Å². The monoisotopic (exact) mass is 251 g/mol. The molecule has 0 saturated carbocycles. The molecule has 0 rings (SSSR count). The smallest absolute Gasteiger partial charge is 0.352 e. The van der Waals surface area contributed by atoms with Crippen molar-refractivity contribution in [3.8, 4) is 0 Å². The van der Waals surface area contributed by atoms with Crippen molar-refractivity contribution in [2.24, 2.45) is 5.16 Å². The van der Waals surface area contributed by atoms with Crippen LogP contribution in [0.5, 0.6) is 0 Å². The van der Waals surface area contributed by atoms with Crippen LogP contribution in [0.25, 0.3) is 0 Å². The summed E-state index contributed by atoms with van der Waals surface area (Å²) in [5.41, 5.74) is 0. The molecule has 0 N–H and O–H groups in total. The summed E-state index contributed by atoms with van der Waals surface area (Å²) in [4.78, 5) is 15.5. The van der Waals surface area contributed by atoms with Crippen LogP contribution >= 0.6 is 15.9 Å². The summed E-state index contributed by atoms with van der Waals surface area (Å²) in [6.45, 7) is 2.62. The Morgan fingerprint density at radius 3 is 2.92 bits per heavy atom. The third kappa shape index (κ3) is 9.33. The van der Waals surface area contributed by atoms with Crippen LogP contribution in [0.1, 0.15) is 19.8 Å². The number of carbonyl (C=O) groups is 1. The SMILES string of the molecule is CCOC(=O)C=NOCCCCBr. The Kier molecular flexibility index (Phi) is 9.08. The molecular weight excluding hydrogens is 238 g/mol. The summed E-state index contributed by atoms with van der Waals surface area (Å²) in [6, 6.07) is 0. The standard InChI is InChI=1S/C8H14BrNO3/c1-2-12-8(11)7-10-13-6-4-3-5-9/h7H,2-6H2,1H3. The number of unbranched alkanes of at least 4 members (excludes halogenated alkanes) is 1. The zero-order valence-electron chi connectivity index (χ0n) is 7.66. The Hall–Kier alpha value is -0.580. The third-order valence-electron chi connectivity index (χ3n) is 1.14. The highest BCUT2D eigenvalue weighted by Crippen LogP contribution is 1.93. The van der Waals surface area contributed by atoms with Gasteiger partial charge in [-0.3, -0.25) is 0 Å². The van der Waals surface area contributed by atoms with Gasteiger partial charge in [0.1, 0.15) is 6.61 Å². The molecule has 0 spiro atoms. The molecule has 0 radical (unpaired) electrons. The first-order chi connectivity index (χ1) is 6.31. The van der Waals surface area contributed by atoms with E-state index in [1.165, 1.54) is 0 Å². The van der Waals surface area contributed by atoms with Crippen molar-refractivity contribution < 1.29 is 14.4 Å². The molecule has 76 valence electrons. The fourth-order valence-electron chi connectivity index (χ4n) is 0.574. The normalized spacial score (nSPS) is 10.3. The number of nitrogens with zero attached hydrogens (tertiary/aromatic N) is 1. The number of alkyl halides is 1. The fraction of sp³-hybridized carbons (Fsp3) is 0.750. The minimum absolute atomic E-state index is 0.356. The Morgan fingerprint density at radius 2 is 2.31 bits per heavy atom. The summed E-state index contributed by atoms with van der Waals surface area (Å²) in [7, 11) is 0. The molecule has 0 aliphatic heterocycles. The summed E-state index contributed by atoms with van der Waals surface area (Å²) >= 11 is 3.29. The third-order valence-corrected chi connectivity index (χ3v) is 1.70. The second-order valence-corrected chi connectivity index (χ2v) is 3.01. The number of halogens is 1. The highest BCUT2D eigenvalue weighted by atomic mass is 79.9. The van der Waals surface area contributed by atoms with E-state index in [4.69, 9.17) is 4.84 Å². The van der Waals surface area contributed by atoms with Gasteiger partial charge in [-0.2, -0.15) is 0 Å². The van der Waals surface area contributed by atoms with E-state index in [2.05, 4.69) is 25.8 Å². The molecule has 0 aliphatic rings. The lowest BCUT2D eigenvalue weighted by Crippen LogP contribution is -2.05. The maximum Gasteiger partial charge on any atom is 0.352 e. The lowest BCUT2D eigenvalue weighted by atomic mass is 10.4. The van der Waals surface area contributed by atoms with E-state index in [0.717, 1.165) is 24.4 Å². The molecule has 0 aromatic heterocycles. The van der Waals surface area contributed by atoms with Crippen molar-refractivity contribution >= 4 is 28.1 Å². The van der Waals surface area contributed by atoms with Gasteiger partial charge in [0.25, 0.3) is 0 Å². The van der Waals surface area contributed by atoms with Crippen LogP contribution in [-0.2, 0) is 14.4 Å². The lowest BCUT2D eigenvalue weighted by molar-refractivity contribution is -0.134. The molecule has 0 atom stereocenters. The summed E-state index contributed by atoms with van der Waals surface area (Å²) in [5.74, 6) is -0.469. The maximum absolute atomic E-state index is 10.7. The zero-order chi connectivity index (χ0) is 9.94. The predicted octanol–water partition coefficient (Wildman–Crippen LogP) is 1.73. The van der Waals surface area contributed by atoms with Crippen LogP contribution in [0, 0.1) is 0 Å². The molecule has 0 heterocycles. The van der Waals surface area contributed by atoms with Crippen molar-refractivity contribution in [2.45, 2.75) is 19.8 Å². The van der Waals surface area contributed by atoms with Gasteiger partial charge >= 0.3 is 5.97 Å². The van der Waals surface area contributed by atoms with Crippen LogP contribution in [-0.4, -0.2) is 30.7 Å². The first kappa shape index (κ1) is 12.4. The molecule has 0 amide bonds. The molecule has 0 aromatic carbocycles. The number of carbonyl (C=O) groups excluding carboxylic acids is 1. The number of hydrogen-bond donors (Lipinski definition) is 0. The second-order valence-electron chi connectivity index (χ2n) is 2.22. The topological polar surface area (TPSA) is 47.9 Å². The molecule has 0 fully saturated rings. The van der Waals surface area contributed by atoms with E-state index in [9.17, 15) is 4.79 Å². The molecule has 0 unspecified atom stereocenters. The van der Waals surface area contributed by atoms with Crippen LogP contribution < -0.4 is 0 Å². The average Bonchev–Trinajstić information content (AvgIpc) is 2.11. The number of ether oxygens (including phenoxy) is 1. The van der Waals surface area contributed by atoms with E-state index in [1.807, 2.05) is 0 Å². The molecule has 5 heteroatoms. The van der Waals surface area contributed by atoms with Gasteiger partial charge in [0.15, 0.2) is 6.21 Å². The summed E-state index contributed by atoms with van der Waals surface area (Å²) < 4.78 is 4.59. The van der Waals surface area contributed by atoms with E-state index >= 15 is 0 Å². The van der Waals surface area contributed by atoms with Crippen LogP contribution in [0.4, 0.5) is 0 Å². The molecule has 4 nitrogen and oxygen atoms in total. The lowest BCUT2D eigenvalue weighted by Gasteiger charge is -1.96. The van der Waals surface area contributed by atoms with Crippen molar-refractivity contribution in [3.63, 3.8) is 0 Å². The number of hydrogen-bond acceptors (Lipinski definition) is 4. The van der Waals surface area contributed by atoms with Gasteiger partial charge in [-0.05, 0) is 19.8 Å². The molecule has 0 saturated heterocycles. The van der Waals surface area contributed by atoms with Gasteiger partial charge < -0.3 is 9.57 Å². The molecule has 13 heavy (non-hydrogen) atoms. The van der Waals surface area contributed by atoms with Crippen molar-refractivity contribution in [1.29, 1.82) is 0 Å². The van der Waals surface area contributed by atoms with Crippen molar-refractivity contribution in [2.75, 3.05) is 18.5 Å². The van der Waals surface area contributed by atoms with Crippen LogP contribution in [0.2, 0.25) is 0 Å².